The minimum atomic E-state index is -0.0163. The normalized spacial score (nSPS) is 10.6. The monoisotopic (exact) mass is 303 g/mol. The number of benzene rings is 1. The van der Waals surface area contributed by atoms with E-state index in [2.05, 4.69) is 12.2 Å². The van der Waals surface area contributed by atoms with Crippen molar-refractivity contribution in [2.24, 2.45) is 0 Å². The molecule has 0 unspecified atom stereocenters. The molecule has 0 bridgehead atoms. The van der Waals surface area contributed by atoms with Crippen LogP contribution in [0.25, 0.3) is 0 Å². The van der Waals surface area contributed by atoms with Gasteiger partial charge in [-0.15, -0.1) is 11.3 Å². The van der Waals surface area contributed by atoms with Crippen molar-refractivity contribution in [2.45, 2.75) is 33.4 Å². The highest BCUT2D eigenvalue weighted by Crippen LogP contribution is 2.15. The van der Waals surface area contributed by atoms with Gasteiger partial charge in [0.1, 0.15) is 0 Å². The van der Waals surface area contributed by atoms with E-state index >= 15 is 0 Å². The van der Waals surface area contributed by atoms with Crippen LogP contribution in [0, 0.1) is 6.92 Å². The molecule has 0 saturated heterocycles. The third kappa shape index (κ3) is 4.69. The summed E-state index contributed by atoms with van der Waals surface area (Å²) < 4.78 is 5.59. The van der Waals surface area contributed by atoms with Gasteiger partial charge in [-0.3, -0.25) is 4.79 Å². The van der Waals surface area contributed by atoms with Gasteiger partial charge in [0.15, 0.2) is 0 Å². The third-order valence-electron chi connectivity index (χ3n) is 3.13. The van der Waals surface area contributed by atoms with Crippen molar-refractivity contribution in [3.8, 4) is 0 Å². The summed E-state index contributed by atoms with van der Waals surface area (Å²) >= 11 is 1.52. The summed E-state index contributed by atoms with van der Waals surface area (Å²) in [5.41, 5.74) is 2.24. The zero-order valence-corrected chi connectivity index (χ0v) is 13.3. The molecule has 2 aromatic rings. The molecule has 3 nitrogen and oxygen atoms in total. The fourth-order valence-electron chi connectivity index (χ4n) is 2.02. The molecule has 0 radical (unpaired) electrons. The molecule has 1 aromatic carbocycles. The van der Waals surface area contributed by atoms with Gasteiger partial charge in [0, 0.05) is 18.0 Å². The molecule has 0 aliphatic heterocycles. The lowest BCUT2D eigenvalue weighted by atomic mass is 10.1. The van der Waals surface area contributed by atoms with Crippen molar-refractivity contribution in [3.05, 3.63) is 57.3 Å². The first-order chi connectivity index (χ1) is 10.2. The standard InChI is InChI=1S/C17H21NO2S/c1-3-10-20-12-15-7-5-4-6-14(15)11-18-17(19)16-9-8-13(2)21-16/h4-9H,3,10-12H2,1-2H3,(H,18,19). The van der Waals surface area contributed by atoms with Gasteiger partial charge in [0.05, 0.1) is 11.5 Å². The number of carbonyl (C=O) groups excluding carboxylic acids is 1. The van der Waals surface area contributed by atoms with Gasteiger partial charge >= 0.3 is 0 Å². The summed E-state index contributed by atoms with van der Waals surface area (Å²) in [6.45, 7) is 5.98. The van der Waals surface area contributed by atoms with E-state index in [-0.39, 0.29) is 5.91 Å². The number of amides is 1. The summed E-state index contributed by atoms with van der Waals surface area (Å²) in [5, 5.41) is 2.98. The molecule has 0 atom stereocenters. The first-order valence-corrected chi connectivity index (χ1v) is 8.01. The summed E-state index contributed by atoms with van der Waals surface area (Å²) in [7, 11) is 0. The number of rotatable bonds is 7. The average Bonchev–Trinajstić information content (AvgIpc) is 2.93. The highest BCUT2D eigenvalue weighted by Gasteiger charge is 2.09. The molecule has 0 saturated carbocycles. The topological polar surface area (TPSA) is 38.3 Å². The second-order valence-corrected chi connectivity index (χ2v) is 6.20. The van der Waals surface area contributed by atoms with Crippen LogP contribution >= 0.6 is 11.3 Å². The van der Waals surface area contributed by atoms with Gasteiger partial charge in [-0.1, -0.05) is 31.2 Å². The molecule has 1 amide bonds. The van der Waals surface area contributed by atoms with E-state index in [4.69, 9.17) is 4.74 Å². The van der Waals surface area contributed by atoms with Crippen molar-refractivity contribution in [2.75, 3.05) is 6.61 Å². The van der Waals surface area contributed by atoms with Gasteiger partial charge in [0.25, 0.3) is 5.91 Å². The van der Waals surface area contributed by atoms with E-state index in [0.29, 0.717) is 13.2 Å². The highest BCUT2D eigenvalue weighted by molar-refractivity contribution is 7.13. The maximum Gasteiger partial charge on any atom is 0.261 e. The number of hydrogen-bond donors (Lipinski definition) is 1. The van der Waals surface area contributed by atoms with Crippen molar-refractivity contribution in [1.29, 1.82) is 0 Å². The third-order valence-corrected chi connectivity index (χ3v) is 4.13. The smallest absolute Gasteiger partial charge is 0.261 e. The molecule has 1 heterocycles. The molecule has 0 aliphatic carbocycles. The maximum atomic E-state index is 12.1. The van der Waals surface area contributed by atoms with E-state index in [1.807, 2.05) is 43.3 Å². The van der Waals surface area contributed by atoms with Crippen LogP contribution < -0.4 is 5.32 Å². The largest absolute Gasteiger partial charge is 0.377 e. The van der Waals surface area contributed by atoms with Gasteiger partial charge in [0.2, 0.25) is 0 Å². The molecule has 0 aliphatic rings. The summed E-state index contributed by atoms with van der Waals surface area (Å²) in [6, 6.07) is 11.9. The molecule has 1 aromatic heterocycles. The predicted molar refractivity (Wildman–Crippen MR) is 86.6 cm³/mol. The zero-order valence-electron chi connectivity index (χ0n) is 12.5. The number of thiophene rings is 1. The second-order valence-electron chi connectivity index (χ2n) is 4.91. The van der Waals surface area contributed by atoms with Crippen LogP contribution in [0.2, 0.25) is 0 Å². The van der Waals surface area contributed by atoms with E-state index in [9.17, 15) is 4.79 Å². The number of ether oxygens (including phenoxy) is 1. The SMILES string of the molecule is CCCOCc1ccccc1CNC(=O)c1ccc(C)s1. The Kier molecular flexibility index (Phi) is 5.96. The predicted octanol–water partition coefficient (Wildman–Crippen LogP) is 3.91. The lowest BCUT2D eigenvalue weighted by Crippen LogP contribution is -2.22. The molecular formula is C17H21NO2S. The molecule has 1 N–H and O–H groups in total. The molecule has 4 heteroatoms. The maximum absolute atomic E-state index is 12.1. The van der Waals surface area contributed by atoms with E-state index in [1.165, 1.54) is 11.3 Å². The fourth-order valence-corrected chi connectivity index (χ4v) is 2.80. The number of carbonyl (C=O) groups is 1. The van der Waals surface area contributed by atoms with Crippen molar-refractivity contribution >= 4 is 17.2 Å². The quantitative estimate of drug-likeness (QED) is 0.787. The minimum absolute atomic E-state index is 0.0163. The Morgan fingerprint density at radius 2 is 1.95 bits per heavy atom. The van der Waals surface area contributed by atoms with Crippen LogP contribution in [-0.2, 0) is 17.9 Å². The zero-order chi connectivity index (χ0) is 15.1. The van der Waals surface area contributed by atoms with Crippen LogP contribution in [0.15, 0.2) is 36.4 Å². The highest BCUT2D eigenvalue weighted by atomic mass is 32.1. The Labute approximate surface area is 130 Å². The van der Waals surface area contributed by atoms with E-state index < -0.39 is 0 Å². The Morgan fingerprint density at radius 3 is 2.62 bits per heavy atom. The van der Waals surface area contributed by atoms with Crippen LogP contribution in [0.3, 0.4) is 0 Å². The first kappa shape index (κ1) is 15.7. The number of nitrogens with one attached hydrogen (secondary N) is 1. The van der Waals surface area contributed by atoms with Gasteiger partial charge in [-0.2, -0.15) is 0 Å². The van der Waals surface area contributed by atoms with Gasteiger partial charge < -0.3 is 10.1 Å². The van der Waals surface area contributed by atoms with Crippen LogP contribution in [0.1, 0.15) is 39.0 Å². The molecule has 2 rings (SSSR count). The van der Waals surface area contributed by atoms with Crippen molar-refractivity contribution < 1.29 is 9.53 Å². The lowest BCUT2D eigenvalue weighted by Gasteiger charge is -2.10. The van der Waals surface area contributed by atoms with Crippen LogP contribution in [0.5, 0.6) is 0 Å². The summed E-state index contributed by atoms with van der Waals surface area (Å²) in [4.78, 5) is 14.0. The Hall–Kier alpha value is -1.65. The second kappa shape index (κ2) is 7.96. The Morgan fingerprint density at radius 1 is 1.19 bits per heavy atom. The van der Waals surface area contributed by atoms with Gasteiger partial charge in [-0.05, 0) is 36.6 Å². The molecule has 0 fully saturated rings. The van der Waals surface area contributed by atoms with Gasteiger partial charge in [-0.25, -0.2) is 0 Å². The first-order valence-electron chi connectivity index (χ1n) is 7.20. The number of hydrogen-bond acceptors (Lipinski definition) is 3. The number of aryl methyl sites for hydroxylation is 1. The minimum Gasteiger partial charge on any atom is -0.377 e. The molecule has 112 valence electrons. The van der Waals surface area contributed by atoms with Crippen molar-refractivity contribution in [3.63, 3.8) is 0 Å². The van der Waals surface area contributed by atoms with E-state index in [0.717, 1.165) is 33.9 Å². The molecule has 0 spiro atoms. The summed E-state index contributed by atoms with van der Waals surface area (Å²) in [5.74, 6) is -0.0163. The van der Waals surface area contributed by atoms with E-state index in [1.54, 1.807) is 0 Å². The average molecular weight is 303 g/mol. The Balaban J connectivity index is 1.94. The molecular weight excluding hydrogens is 282 g/mol. The lowest BCUT2D eigenvalue weighted by molar-refractivity contribution is 0.0953. The fraction of sp³-hybridized carbons (Fsp3) is 0.353. The van der Waals surface area contributed by atoms with Crippen LogP contribution in [-0.4, -0.2) is 12.5 Å². The van der Waals surface area contributed by atoms with Crippen LogP contribution in [0.4, 0.5) is 0 Å². The molecule has 21 heavy (non-hydrogen) atoms. The Bertz CT molecular complexity index is 592. The van der Waals surface area contributed by atoms with Crippen molar-refractivity contribution in [1.82, 2.24) is 5.32 Å². The summed E-state index contributed by atoms with van der Waals surface area (Å²) in [6.07, 6.45) is 1.01.